The molecule has 3 N–H and O–H groups in total. The van der Waals surface area contributed by atoms with E-state index in [1.54, 1.807) is 6.07 Å². The maximum Gasteiger partial charge on any atom is 0.124 e. The van der Waals surface area contributed by atoms with Crippen LogP contribution in [0.1, 0.15) is 51.2 Å². The summed E-state index contributed by atoms with van der Waals surface area (Å²) in [5.41, 5.74) is 6.50. The van der Waals surface area contributed by atoms with Crippen molar-refractivity contribution in [1.29, 1.82) is 0 Å². The van der Waals surface area contributed by atoms with E-state index in [9.17, 15) is 9.50 Å². The van der Waals surface area contributed by atoms with E-state index in [4.69, 9.17) is 17.3 Å². The fraction of sp³-hybridized carbons (Fsp3) is 0.625. The molecule has 4 heteroatoms. The molecule has 0 aliphatic heterocycles. The van der Waals surface area contributed by atoms with E-state index in [1.807, 2.05) is 0 Å². The van der Waals surface area contributed by atoms with Gasteiger partial charge in [-0.25, -0.2) is 4.39 Å². The van der Waals surface area contributed by atoms with Gasteiger partial charge in [0.15, 0.2) is 0 Å². The van der Waals surface area contributed by atoms with Crippen molar-refractivity contribution in [3.05, 3.63) is 34.6 Å². The van der Waals surface area contributed by atoms with Crippen molar-refractivity contribution in [1.82, 2.24) is 0 Å². The second-order valence-electron chi connectivity index (χ2n) is 6.80. The molecule has 1 atom stereocenters. The van der Waals surface area contributed by atoms with Gasteiger partial charge < -0.3 is 10.8 Å². The standard InChI is InChI=1S/C16H23ClFNO/c1-15(2)5-7-16(10-19,8-6-15)14(20)12-4-3-11(18)9-13(12)17/h3-4,9,14,20H,5-8,10,19H2,1-2H3. The first kappa shape index (κ1) is 15.7. The number of aliphatic hydroxyl groups is 1. The van der Waals surface area contributed by atoms with E-state index < -0.39 is 11.9 Å². The van der Waals surface area contributed by atoms with Gasteiger partial charge in [0.25, 0.3) is 0 Å². The summed E-state index contributed by atoms with van der Waals surface area (Å²) in [5, 5.41) is 11.0. The van der Waals surface area contributed by atoms with Gasteiger partial charge >= 0.3 is 0 Å². The van der Waals surface area contributed by atoms with E-state index >= 15 is 0 Å². The molecule has 112 valence electrons. The lowest BCUT2D eigenvalue weighted by molar-refractivity contribution is -0.0235. The molecule has 1 aliphatic rings. The Labute approximate surface area is 125 Å². The first-order chi connectivity index (χ1) is 9.30. The average molecular weight is 300 g/mol. The van der Waals surface area contributed by atoms with Crippen LogP contribution in [-0.4, -0.2) is 11.7 Å². The van der Waals surface area contributed by atoms with Crippen LogP contribution in [0.2, 0.25) is 5.02 Å². The number of hydrogen-bond donors (Lipinski definition) is 2. The Balaban J connectivity index is 2.27. The van der Waals surface area contributed by atoms with Crippen LogP contribution in [0.15, 0.2) is 18.2 Å². The average Bonchev–Trinajstić information content (AvgIpc) is 2.39. The SMILES string of the molecule is CC1(C)CCC(CN)(C(O)c2ccc(F)cc2Cl)CC1. The number of hydrogen-bond acceptors (Lipinski definition) is 2. The first-order valence-corrected chi connectivity index (χ1v) is 7.51. The molecular formula is C16H23ClFNO. The second kappa shape index (κ2) is 5.63. The summed E-state index contributed by atoms with van der Waals surface area (Å²) >= 11 is 6.08. The molecule has 1 aliphatic carbocycles. The lowest BCUT2D eigenvalue weighted by atomic mass is 9.62. The Bertz CT molecular complexity index is 479. The van der Waals surface area contributed by atoms with Crippen molar-refractivity contribution < 1.29 is 9.50 Å². The maximum atomic E-state index is 13.1. The quantitative estimate of drug-likeness (QED) is 0.884. The lowest BCUT2D eigenvalue weighted by Crippen LogP contribution is -2.42. The fourth-order valence-electron chi connectivity index (χ4n) is 3.07. The highest BCUT2D eigenvalue weighted by molar-refractivity contribution is 6.31. The highest BCUT2D eigenvalue weighted by Gasteiger charge is 2.43. The van der Waals surface area contributed by atoms with Crippen LogP contribution in [-0.2, 0) is 0 Å². The van der Waals surface area contributed by atoms with Crippen LogP contribution in [0.5, 0.6) is 0 Å². The van der Waals surface area contributed by atoms with Gasteiger partial charge in [0.2, 0.25) is 0 Å². The molecule has 0 radical (unpaired) electrons. The zero-order chi connectivity index (χ0) is 15.0. The molecule has 1 saturated carbocycles. The van der Waals surface area contributed by atoms with Crippen molar-refractivity contribution in [2.24, 2.45) is 16.6 Å². The molecule has 0 saturated heterocycles. The molecule has 2 rings (SSSR count). The van der Waals surface area contributed by atoms with Crippen molar-refractivity contribution in [2.45, 2.75) is 45.6 Å². The predicted octanol–water partition coefficient (Wildman–Crippen LogP) is 4.06. The summed E-state index contributed by atoms with van der Waals surface area (Å²) in [6.45, 7) is 4.90. The number of benzene rings is 1. The van der Waals surface area contributed by atoms with Gasteiger partial charge in [0, 0.05) is 17.0 Å². The van der Waals surface area contributed by atoms with Crippen molar-refractivity contribution in [2.75, 3.05) is 6.54 Å². The summed E-state index contributed by atoms with van der Waals surface area (Å²) in [6, 6.07) is 4.15. The molecule has 0 aromatic heterocycles. The van der Waals surface area contributed by atoms with Crippen molar-refractivity contribution in [3.63, 3.8) is 0 Å². The molecule has 1 unspecified atom stereocenters. The van der Waals surface area contributed by atoms with Crippen LogP contribution < -0.4 is 5.73 Å². The smallest absolute Gasteiger partial charge is 0.124 e. The zero-order valence-corrected chi connectivity index (χ0v) is 12.9. The van der Waals surface area contributed by atoms with Crippen molar-refractivity contribution >= 4 is 11.6 Å². The minimum absolute atomic E-state index is 0.273. The predicted molar refractivity (Wildman–Crippen MR) is 80.1 cm³/mol. The number of rotatable bonds is 3. The van der Waals surface area contributed by atoms with Crippen LogP contribution in [0, 0.1) is 16.6 Å². The van der Waals surface area contributed by atoms with E-state index in [0.717, 1.165) is 25.7 Å². The van der Waals surface area contributed by atoms with Gasteiger partial charge in [-0.1, -0.05) is 31.5 Å². The molecule has 20 heavy (non-hydrogen) atoms. The molecule has 0 amide bonds. The van der Waals surface area contributed by atoms with Gasteiger partial charge in [0.1, 0.15) is 5.82 Å². The summed E-state index contributed by atoms with van der Waals surface area (Å²) < 4.78 is 13.1. The molecule has 0 heterocycles. The molecule has 1 aromatic carbocycles. The molecule has 1 fully saturated rings. The van der Waals surface area contributed by atoms with E-state index in [0.29, 0.717) is 17.5 Å². The number of aliphatic hydroxyl groups excluding tert-OH is 1. The molecular weight excluding hydrogens is 277 g/mol. The van der Waals surface area contributed by atoms with Crippen LogP contribution in [0.3, 0.4) is 0 Å². The van der Waals surface area contributed by atoms with Gasteiger partial charge in [-0.05, 0) is 48.8 Å². The largest absolute Gasteiger partial charge is 0.388 e. The molecule has 0 spiro atoms. The topological polar surface area (TPSA) is 46.2 Å². The number of nitrogens with two attached hydrogens (primary N) is 1. The highest BCUT2D eigenvalue weighted by Crippen LogP contribution is 2.51. The summed E-state index contributed by atoms with van der Waals surface area (Å²) in [7, 11) is 0. The maximum absolute atomic E-state index is 13.1. The minimum atomic E-state index is -0.739. The van der Waals surface area contributed by atoms with E-state index in [-0.39, 0.29) is 10.4 Å². The second-order valence-corrected chi connectivity index (χ2v) is 7.21. The summed E-state index contributed by atoms with van der Waals surface area (Å²) in [4.78, 5) is 0. The summed E-state index contributed by atoms with van der Waals surface area (Å²) in [5.74, 6) is -0.391. The zero-order valence-electron chi connectivity index (χ0n) is 12.1. The Kier molecular flexibility index (Phi) is 4.43. The Morgan fingerprint density at radius 2 is 1.90 bits per heavy atom. The van der Waals surface area contributed by atoms with E-state index in [1.165, 1.54) is 12.1 Å². The van der Waals surface area contributed by atoms with Gasteiger partial charge in [-0.3, -0.25) is 0 Å². The van der Waals surface area contributed by atoms with Crippen molar-refractivity contribution in [3.8, 4) is 0 Å². The normalized spacial score (nSPS) is 22.5. The van der Waals surface area contributed by atoms with Crippen LogP contribution >= 0.6 is 11.6 Å². The van der Waals surface area contributed by atoms with Crippen LogP contribution in [0.4, 0.5) is 4.39 Å². The fourth-order valence-corrected chi connectivity index (χ4v) is 3.34. The third kappa shape index (κ3) is 3.00. The third-order valence-corrected chi connectivity index (χ3v) is 5.17. The Morgan fingerprint density at radius 3 is 2.40 bits per heavy atom. The monoisotopic (exact) mass is 299 g/mol. The minimum Gasteiger partial charge on any atom is -0.388 e. The Morgan fingerprint density at radius 1 is 1.30 bits per heavy atom. The molecule has 2 nitrogen and oxygen atoms in total. The lowest BCUT2D eigenvalue weighted by Gasteiger charge is -2.46. The van der Waals surface area contributed by atoms with Gasteiger partial charge in [-0.15, -0.1) is 0 Å². The number of halogens is 2. The Hall–Kier alpha value is -0.640. The molecule has 0 bridgehead atoms. The third-order valence-electron chi connectivity index (χ3n) is 4.84. The van der Waals surface area contributed by atoms with Crippen LogP contribution in [0.25, 0.3) is 0 Å². The van der Waals surface area contributed by atoms with Gasteiger partial charge in [0.05, 0.1) is 6.10 Å². The van der Waals surface area contributed by atoms with E-state index in [2.05, 4.69) is 13.8 Å². The summed E-state index contributed by atoms with van der Waals surface area (Å²) in [6.07, 6.45) is 3.05. The van der Waals surface area contributed by atoms with Gasteiger partial charge in [-0.2, -0.15) is 0 Å². The molecule has 1 aromatic rings. The highest BCUT2D eigenvalue weighted by atomic mass is 35.5. The first-order valence-electron chi connectivity index (χ1n) is 7.13.